The van der Waals surface area contributed by atoms with E-state index < -0.39 is 0 Å². The molecule has 0 saturated heterocycles. The fourth-order valence-electron chi connectivity index (χ4n) is 1.41. The lowest BCUT2D eigenvalue weighted by Gasteiger charge is -2.03. The van der Waals surface area contributed by atoms with E-state index >= 15 is 0 Å². The summed E-state index contributed by atoms with van der Waals surface area (Å²) >= 11 is 4.93. The van der Waals surface area contributed by atoms with E-state index in [1.165, 1.54) is 4.90 Å². The van der Waals surface area contributed by atoms with E-state index in [0.29, 0.717) is 4.47 Å². The van der Waals surface area contributed by atoms with Crippen molar-refractivity contribution in [2.45, 2.75) is 4.90 Å². The van der Waals surface area contributed by atoms with Crippen molar-refractivity contribution in [1.29, 1.82) is 0 Å². The lowest BCUT2D eigenvalue weighted by molar-refractivity contribution is 1.22. The summed E-state index contributed by atoms with van der Waals surface area (Å²) in [6.07, 6.45) is 3.77. The minimum absolute atomic E-state index is 0.107. The van der Waals surface area contributed by atoms with Crippen LogP contribution in [-0.2, 0) is 0 Å². The van der Waals surface area contributed by atoms with Crippen molar-refractivity contribution in [1.82, 2.24) is 4.98 Å². The molecule has 1 aromatic heterocycles. The zero-order valence-electron chi connectivity index (χ0n) is 8.66. The molecule has 82 valence electrons. The molecular weight excluding hydrogens is 286 g/mol. The Hall–Kier alpha value is -1.00. The molecule has 16 heavy (non-hydrogen) atoms. The van der Waals surface area contributed by atoms with Crippen LogP contribution in [-0.4, -0.2) is 11.2 Å². The molecule has 0 atom stereocenters. The van der Waals surface area contributed by atoms with Gasteiger partial charge in [-0.1, -0.05) is 12.1 Å². The fourth-order valence-corrected chi connectivity index (χ4v) is 2.18. The van der Waals surface area contributed by atoms with Gasteiger partial charge in [0.1, 0.15) is 0 Å². The summed E-state index contributed by atoms with van der Waals surface area (Å²) in [5.41, 5.74) is 1.98. The minimum atomic E-state index is -0.107. The smallest absolute Gasteiger partial charge is 0.262 e. The van der Waals surface area contributed by atoms with Gasteiger partial charge >= 0.3 is 0 Å². The van der Waals surface area contributed by atoms with E-state index in [-0.39, 0.29) is 5.56 Å². The standard InChI is InChI=1S/C12H10BrNOS/c1-16-10-4-2-8(3-5-10)9-6-11(13)12(15)14-7-9/h2-7H,1H3,(H,14,15). The van der Waals surface area contributed by atoms with Crippen LogP contribution in [0.1, 0.15) is 0 Å². The van der Waals surface area contributed by atoms with Crippen LogP contribution >= 0.6 is 27.7 Å². The molecule has 2 nitrogen and oxygen atoms in total. The van der Waals surface area contributed by atoms with Crippen LogP contribution < -0.4 is 5.56 Å². The number of thioether (sulfide) groups is 1. The van der Waals surface area contributed by atoms with E-state index in [1.807, 2.05) is 24.5 Å². The second-order valence-corrected chi connectivity index (χ2v) is 5.03. The molecule has 0 spiro atoms. The van der Waals surface area contributed by atoms with Gasteiger partial charge in [-0.2, -0.15) is 0 Å². The number of nitrogens with one attached hydrogen (secondary N) is 1. The summed E-state index contributed by atoms with van der Waals surface area (Å²) in [5, 5.41) is 0. The Morgan fingerprint density at radius 1 is 1.19 bits per heavy atom. The zero-order valence-corrected chi connectivity index (χ0v) is 11.1. The molecule has 0 saturated carbocycles. The Labute approximate surface area is 106 Å². The number of aromatic amines is 1. The van der Waals surface area contributed by atoms with E-state index in [4.69, 9.17) is 0 Å². The number of halogens is 1. The van der Waals surface area contributed by atoms with E-state index in [9.17, 15) is 4.79 Å². The molecule has 0 amide bonds. The first-order valence-corrected chi connectivity index (χ1v) is 6.75. The molecule has 0 radical (unpaired) electrons. The van der Waals surface area contributed by atoms with Gasteiger partial charge in [-0.15, -0.1) is 11.8 Å². The normalized spacial score (nSPS) is 10.4. The van der Waals surface area contributed by atoms with Crippen molar-refractivity contribution in [3.8, 4) is 11.1 Å². The van der Waals surface area contributed by atoms with Crippen molar-refractivity contribution >= 4 is 27.7 Å². The average molecular weight is 296 g/mol. The fraction of sp³-hybridized carbons (Fsp3) is 0.0833. The van der Waals surface area contributed by atoms with E-state index in [0.717, 1.165) is 11.1 Å². The number of hydrogen-bond donors (Lipinski definition) is 1. The maximum Gasteiger partial charge on any atom is 0.262 e. The van der Waals surface area contributed by atoms with Crippen LogP contribution in [0.25, 0.3) is 11.1 Å². The summed E-state index contributed by atoms with van der Waals surface area (Å²) in [5.74, 6) is 0. The molecule has 1 aromatic carbocycles. The first-order chi connectivity index (χ1) is 7.70. The highest BCUT2D eigenvalue weighted by Gasteiger charge is 2.01. The Morgan fingerprint density at radius 3 is 2.44 bits per heavy atom. The molecule has 0 fully saturated rings. The summed E-state index contributed by atoms with van der Waals surface area (Å²) in [6.45, 7) is 0. The van der Waals surface area contributed by atoms with Gasteiger partial charge in [-0.25, -0.2) is 0 Å². The molecule has 4 heteroatoms. The highest BCUT2D eigenvalue weighted by Crippen LogP contribution is 2.23. The lowest BCUT2D eigenvalue weighted by Crippen LogP contribution is -2.04. The number of H-pyrrole nitrogens is 1. The highest BCUT2D eigenvalue weighted by molar-refractivity contribution is 9.10. The highest BCUT2D eigenvalue weighted by atomic mass is 79.9. The Bertz CT molecular complexity index is 548. The minimum Gasteiger partial charge on any atom is -0.328 e. The van der Waals surface area contributed by atoms with Crippen molar-refractivity contribution in [3.63, 3.8) is 0 Å². The largest absolute Gasteiger partial charge is 0.328 e. The van der Waals surface area contributed by atoms with Gasteiger partial charge in [0.05, 0.1) is 4.47 Å². The number of hydrogen-bond acceptors (Lipinski definition) is 2. The first kappa shape index (κ1) is 11.5. The first-order valence-electron chi connectivity index (χ1n) is 4.73. The summed E-state index contributed by atoms with van der Waals surface area (Å²) in [7, 11) is 0. The second kappa shape index (κ2) is 4.89. The Morgan fingerprint density at radius 2 is 1.88 bits per heavy atom. The van der Waals surface area contributed by atoms with E-state index in [2.05, 4.69) is 33.0 Å². The summed E-state index contributed by atoms with van der Waals surface area (Å²) in [4.78, 5) is 15.1. The predicted octanol–water partition coefficient (Wildman–Crippen LogP) is 3.53. The molecule has 0 aliphatic heterocycles. The Kier molecular flexibility index (Phi) is 3.51. The van der Waals surface area contributed by atoms with Crippen LogP contribution in [0.4, 0.5) is 0 Å². The van der Waals surface area contributed by atoms with Crippen LogP contribution in [0.15, 0.2) is 50.7 Å². The molecule has 1 N–H and O–H groups in total. The molecule has 0 bridgehead atoms. The quantitative estimate of drug-likeness (QED) is 0.860. The van der Waals surface area contributed by atoms with Crippen LogP contribution in [0.5, 0.6) is 0 Å². The van der Waals surface area contributed by atoms with Gasteiger partial charge in [-0.3, -0.25) is 4.79 Å². The van der Waals surface area contributed by atoms with Gasteiger partial charge in [0.25, 0.3) is 5.56 Å². The third kappa shape index (κ3) is 2.39. The number of aromatic nitrogens is 1. The molecule has 2 aromatic rings. The Balaban J connectivity index is 2.42. The van der Waals surface area contributed by atoms with Crippen LogP contribution in [0, 0.1) is 0 Å². The monoisotopic (exact) mass is 295 g/mol. The molecular formula is C12H10BrNOS. The zero-order chi connectivity index (χ0) is 11.5. The third-order valence-electron chi connectivity index (χ3n) is 2.28. The third-order valence-corrected chi connectivity index (χ3v) is 3.61. The lowest BCUT2D eigenvalue weighted by atomic mass is 10.1. The van der Waals surface area contributed by atoms with Gasteiger partial charge in [0.2, 0.25) is 0 Å². The summed E-state index contributed by atoms with van der Waals surface area (Å²) in [6, 6.07) is 10.1. The van der Waals surface area contributed by atoms with Crippen molar-refractivity contribution in [2.75, 3.05) is 6.26 Å². The molecule has 0 aliphatic carbocycles. The molecule has 2 rings (SSSR count). The SMILES string of the molecule is CSc1ccc(-c2c[nH]c(=O)c(Br)c2)cc1. The van der Waals surface area contributed by atoms with Crippen LogP contribution in [0.2, 0.25) is 0 Å². The van der Waals surface area contributed by atoms with Crippen molar-refractivity contribution < 1.29 is 0 Å². The van der Waals surface area contributed by atoms with Gasteiger partial charge in [-0.05, 0) is 51.5 Å². The molecule has 1 heterocycles. The number of benzene rings is 1. The summed E-state index contributed by atoms with van der Waals surface area (Å²) < 4.78 is 0.555. The number of pyridine rings is 1. The topological polar surface area (TPSA) is 32.9 Å². The molecule has 0 unspecified atom stereocenters. The van der Waals surface area contributed by atoms with Crippen LogP contribution in [0.3, 0.4) is 0 Å². The molecule has 0 aliphatic rings. The second-order valence-electron chi connectivity index (χ2n) is 3.29. The van der Waals surface area contributed by atoms with E-state index in [1.54, 1.807) is 18.0 Å². The van der Waals surface area contributed by atoms with Gasteiger partial charge in [0.15, 0.2) is 0 Å². The number of rotatable bonds is 2. The van der Waals surface area contributed by atoms with Gasteiger partial charge in [0, 0.05) is 11.1 Å². The predicted molar refractivity (Wildman–Crippen MR) is 72.0 cm³/mol. The maximum atomic E-state index is 11.2. The average Bonchev–Trinajstić information content (AvgIpc) is 2.33. The van der Waals surface area contributed by atoms with Crippen molar-refractivity contribution in [3.05, 3.63) is 51.4 Å². The van der Waals surface area contributed by atoms with Crippen molar-refractivity contribution in [2.24, 2.45) is 0 Å². The van der Waals surface area contributed by atoms with Gasteiger partial charge < -0.3 is 4.98 Å². The maximum absolute atomic E-state index is 11.2.